The maximum Gasteiger partial charge on any atom is 0.328 e. The first-order chi connectivity index (χ1) is 6.11. The highest BCUT2D eigenvalue weighted by molar-refractivity contribution is 9.11. The summed E-state index contributed by atoms with van der Waals surface area (Å²) in [7, 11) is 0. The standard InChI is InChI=1S/C8H5Br2NO2/c9-6-3-11-4-7(10)5(6)1-2-8(12)13/h1-4H,(H,12,13)/b2-1+. The van der Waals surface area contributed by atoms with Crippen molar-refractivity contribution in [1.82, 2.24) is 4.98 Å². The van der Waals surface area contributed by atoms with Gasteiger partial charge in [-0.25, -0.2) is 4.79 Å². The Morgan fingerprint density at radius 2 is 1.92 bits per heavy atom. The fourth-order valence-corrected chi connectivity index (χ4v) is 1.93. The van der Waals surface area contributed by atoms with Crippen LogP contribution in [0.3, 0.4) is 0 Å². The second-order valence-electron chi connectivity index (χ2n) is 2.19. The predicted molar refractivity (Wildman–Crippen MR) is 56.3 cm³/mol. The van der Waals surface area contributed by atoms with Crippen LogP contribution in [0.1, 0.15) is 5.56 Å². The molecule has 1 heterocycles. The molecule has 0 amide bonds. The van der Waals surface area contributed by atoms with Gasteiger partial charge >= 0.3 is 5.97 Å². The quantitative estimate of drug-likeness (QED) is 0.855. The van der Waals surface area contributed by atoms with Crippen LogP contribution < -0.4 is 0 Å². The van der Waals surface area contributed by atoms with Crippen LogP contribution in [-0.2, 0) is 4.79 Å². The molecular weight excluding hydrogens is 302 g/mol. The van der Waals surface area contributed by atoms with E-state index in [1.165, 1.54) is 6.08 Å². The van der Waals surface area contributed by atoms with E-state index in [9.17, 15) is 4.79 Å². The second-order valence-corrected chi connectivity index (χ2v) is 3.90. The van der Waals surface area contributed by atoms with E-state index < -0.39 is 5.97 Å². The largest absolute Gasteiger partial charge is 0.478 e. The number of halogens is 2. The van der Waals surface area contributed by atoms with Crippen molar-refractivity contribution in [2.24, 2.45) is 0 Å². The van der Waals surface area contributed by atoms with Crippen LogP contribution in [0, 0.1) is 0 Å². The molecule has 1 aromatic rings. The summed E-state index contributed by atoms with van der Waals surface area (Å²) >= 11 is 6.52. The number of pyridine rings is 1. The molecule has 0 atom stereocenters. The van der Waals surface area contributed by atoms with E-state index in [-0.39, 0.29) is 0 Å². The fraction of sp³-hybridized carbons (Fsp3) is 0. The van der Waals surface area contributed by atoms with Crippen molar-refractivity contribution >= 4 is 43.9 Å². The molecular formula is C8H5Br2NO2. The number of nitrogens with zero attached hydrogens (tertiary/aromatic N) is 1. The van der Waals surface area contributed by atoms with Crippen LogP contribution in [-0.4, -0.2) is 16.1 Å². The molecule has 13 heavy (non-hydrogen) atoms. The molecule has 3 nitrogen and oxygen atoms in total. The normalized spacial score (nSPS) is 10.6. The number of rotatable bonds is 2. The van der Waals surface area contributed by atoms with Gasteiger partial charge in [0.2, 0.25) is 0 Å². The van der Waals surface area contributed by atoms with Crippen LogP contribution in [0.2, 0.25) is 0 Å². The van der Waals surface area contributed by atoms with Gasteiger partial charge in [-0.3, -0.25) is 4.98 Å². The SMILES string of the molecule is O=C(O)/C=C/c1c(Br)cncc1Br. The first kappa shape index (κ1) is 10.4. The van der Waals surface area contributed by atoms with Crippen LogP contribution in [0.4, 0.5) is 0 Å². The fourth-order valence-electron chi connectivity index (χ4n) is 0.735. The number of carboxylic acids is 1. The number of aromatic nitrogens is 1. The lowest BCUT2D eigenvalue weighted by molar-refractivity contribution is -0.131. The molecule has 0 saturated heterocycles. The second kappa shape index (κ2) is 4.53. The Morgan fingerprint density at radius 3 is 2.38 bits per heavy atom. The highest BCUT2D eigenvalue weighted by Crippen LogP contribution is 2.24. The van der Waals surface area contributed by atoms with Crippen LogP contribution in [0.15, 0.2) is 27.4 Å². The summed E-state index contributed by atoms with van der Waals surface area (Å²) in [5.41, 5.74) is 0.761. The Labute approximate surface area is 91.7 Å². The average Bonchev–Trinajstić information content (AvgIpc) is 2.03. The molecule has 1 N–H and O–H groups in total. The topological polar surface area (TPSA) is 50.2 Å². The van der Waals surface area contributed by atoms with E-state index in [1.54, 1.807) is 12.4 Å². The van der Waals surface area contributed by atoms with E-state index in [0.29, 0.717) is 0 Å². The van der Waals surface area contributed by atoms with Gasteiger partial charge in [-0.2, -0.15) is 0 Å². The minimum absolute atomic E-state index is 0.749. The smallest absolute Gasteiger partial charge is 0.328 e. The highest BCUT2D eigenvalue weighted by atomic mass is 79.9. The molecule has 0 saturated carbocycles. The summed E-state index contributed by atoms with van der Waals surface area (Å²) in [6.45, 7) is 0. The minimum Gasteiger partial charge on any atom is -0.478 e. The summed E-state index contributed by atoms with van der Waals surface area (Å²) in [6.07, 6.45) is 5.78. The molecule has 0 spiro atoms. The summed E-state index contributed by atoms with van der Waals surface area (Å²) in [5.74, 6) is -0.976. The van der Waals surface area contributed by atoms with E-state index >= 15 is 0 Å². The van der Waals surface area contributed by atoms with Crippen LogP contribution in [0.25, 0.3) is 6.08 Å². The van der Waals surface area contributed by atoms with E-state index in [1.807, 2.05) is 0 Å². The van der Waals surface area contributed by atoms with Gasteiger partial charge in [0, 0.05) is 33.0 Å². The van der Waals surface area contributed by atoms with Crippen molar-refractivity contribution in [3.63, 3.8) is 0 Å². The summed E-state index contributed by atoms with van der Waals surface area (Å²) in [4.78, 5) is 14.2. The third kappa shape index (κ3) is 2.93. The molecule has 0 radical (unpaired) electrons. The number of hydrogen-bond acceptors (Lipinski definition) is 2. The van der Waals surface area contributed by atoms with Gasteiger partial charge in [0.05, 0.1) is 0 Å². The van der Waals surface area contributed by atoms with Crippen molar-refractivity contribution in [3.05, 3.63) is 33.0 Å². The van der Waals surface area contributed by atoms with Gasteiger partial charge in [0.15, 0.2) is 0 Å². The van der Waals surface area contributed by atoms with Crippen molar-refractivity contribution < 1.29 is 9.90 Å². The van der Waals surface area contributed by atoms with Gasteiger partial charge in [0.1, 0.15) is 0 Å². The zero-order valence-corrected chi connectivity index (χ0v) is 9.54. The van der Waals surface area contributed by atoms with E-state index in [2.05, 4.69) is 36.8 Å². The van der Waals surface area contributed by atoms with Gasteiger partial charge < -0.3 is 5.11 Å². The summed E-state index contributed by atoms with van der Waals surface area (Å²) in [6, 6.07) is 0. The van der Waals surface area contributed by atoms with E-state index in [0.717, 1.165) is 20.6 Å². The Hall–Kier alpha value is -0.680. The molecule has 0 aliphatic heterocycles. The number of aliphatic carboxylic acids is 1. The predicted octanol–water partition coefficient (Wildman–Crippen LogP) is 2.70. The average molecular weight is 307 g/mol. The minimum atomic E-state index is -0.976. The van der Waals surface area contributed by atoms with Gasteiger partial charge in [-0.05, 0) is 37.9 Å². The van der Waals surface area contributed by atoms with Crippen LogP contribution in [0.5, 0.6) is 0 Å². The third-order valence-electron chi connectivity index (χ3n) is 1.28. The highest BCUT2D eigenvalue weighted by Gasteiger charge is 2.01. The number of hydrogen-bond donors (Lipinski definition) is 1. The summed E-state index contributed by atoms with van der Waals surface area (Å²) in [5, 5.41) is 8.42. The molecule has 1 rings (SSSR count). The van der Waals surface area contributed by atoms with Crippen LogP contribution >= 0.6 is 31.9 Å². The molecule has 0 unspecified atom stereocenters. The maximum atomic E-state index is 10.3. The lowest BCUT2D eigenvalue weighted by Gasteiger charge is -1.99. The van der Waals surface area contributed by atoms with Crippen molar-refractivity contribution in [3.8, 4) is 0 Å². The van der Waals surface area contributed by atoms with E-state index in [4.69, 9.17) is 5.11 Å². The molecule has 0 aromatic carbocycles. The van der Waals surface area contributed by atoms with Crippen molar-refractivity contribution in [1.29, 1.82) is 0 Å². The van der Waals surface area contributed by atoms with Crippen molar-refractivity contribution in [2.45, 2.75) is 0 Å². The zero-order chi connectivity index (χ0) is 9.84. The lowest BCUT2D eigenvalue weighted by Crippen LogP contribution is -1.87. The molecule has 0 aliphatic carbocycles. The molecule has 0 bridgehead atoms. The molecule has 1 aromatic heterocycles. The lowest BCUT2D eigenvalue weighted by atomic mass is 10.2. The zero-order valence-electron chi connectivity index (χ0n) is 6.37. The Kier molecular flexibility index (Phi) is 3.62. The van der Waals surface area contributed by atoms with Crippen molar-refractivity contribution in [2.75, 3.05) is 0 Å². The number of carboxylic acid groups (broad SMARTS) is 1. The third-order valence-corrected chi connectivity index (χ3v) is 2.55. The van der Waals surface area contributed by atoms with Gasteiger partial charge in [-0.15, -0.1) is 0 Å². The Morgan fingerprint density at radius 1 is 1.38 bits per heavy atom. The monoisotopic (exact) mass is 305 g/mol. The Bertz CT molecular complexity index is 343. The molecule has 68 valence electrons. The Balaban J connectivity index is 3.06. The first-order valence-electron chi connectivity index (χ1n) is 3.31. The first-order valence-corrected chi connectivity index (χ1v) is 4.90. The van der Waals surface area contributed by atoms with Gasteiger partial charge in [0.25, 0.3) is 0 Å². The molecule has 0 fully saturated rings. The summed E-state index contributed by atoms with van der Waals surface area (Å²) < 4.78 is 1.50. The number of carbonyl (C=O) groups is 1. The molecule has 0 aliphatic rings. The van der Waals surface area contributed by atoms with Gasteiger partial charge in [-0.1, -0.05) is 0 Å². The molecule has 5 heteroatoms. The maximum absolute atomic E-state index is 10.3.